The molecule has 1 spiro atoms. The van der Waals surface area contributed by atoms with Crippen LogP contribution in [0.25, 0.3) is 0 Å². The molecular weight excluding hydrogens is 228 g/mol. The van der Waals surface area contributed by atoms with Gasteiger partial charge in [-0.3, -0.25) is 4.90 Å². The first kappa shape index (κ1) is 14.3. The van der Waals surface area contributed by atoms with E-state index >= 15 is 0 Å². The van der Waals surface area contributed by atoms with E-state index in [4.69, 9.17) is 9.47 Å². The summed E-state index contributed by atoms with van der Waals surface area (Å²) < 4.78 is 10.7. The molecule has 1 unspecified atom stereocenters. The van der Waals surface area contributed by atoms with Gasteiger partial charge >= 0.3 is 0 Å². The average Bonchev–Trinajstić information content (AvgIpc) is 2.72. The second-order valence-corrected chi connectivity index (χ2v) is 5.82. The smallest absolute Gasteiger partial charge is 0.0931 e. The van der Waals surface area contributed by atoms with Gasteiger partial charge in [-0.05, 0) is 32.4 Å². The maximum atomic E-state index is 5.50. The predicted molar refractivity (Wildman–Crippen MR) is 72.9 cm³/mol. The molecule has 0 aromatic heterocycles. The van der Waals surface area contributed by atoms with E-state index in [0.717, 1.165) is 6.54 Å². The van der Waals surface area contributed by atoms with E-state index in [2.05, 4.69) is 10.2 Å². The summed E-state index contributed by atoms with van der Waals surface area (Å²) in [6.45, 7) is 5.20. The molecule has 0 bridgehead atoms. The minimum Gasteiger partial charge on any atom is -0.382 e. The van der Waals surface area contributed by atoms with Crippen LogP contribution >= 0.6 is 0 Å². The van der Waals surface area contributed by atoms with Gasteiger partial charge in [-0.25, -0.2) is 0 Å². The summed E-state index contributed by atoms with van der Waals surface area (Å²) in [7, 11) is 3.53. The van der Waals surface area contributed by atoms with Crippen LogP contribution in [0.15, 0.2) is 0 Å². The molecule has 1 heterocycles. The molecule has 18 heavy (non-hydrogen) atoms. The Bertz CT molecular complexity index is 242. The van der Waals surface area contributed by atoms with Gasteiger partial charge in [0, 0.05) is 32.8 Å². The lowest BCUT2D eigenvalue weighted by molar-refractivity contribution is 0.00320. The Balaban J connectivity index is 1.90. The third kappa shape index (κ3) is 3.67. The summed E-state index contributed by atoms with van der Waals surface area (Å²) in [5.41, 5.74) is 0.391. The largest absolute Gasteiger partial charge is 0.382 e. The summed E-state index contributed by atoms with van der Waals surface area (Å²) in [6, 6.07) is 0. The molecule has 2 rings (SSSR count). The van der Waals surface area contributed by atoms with E-state index in [1.807, 2.05) is 0 Å². The minimum absolute atomic E-state index is 0.201. The zero-order chi connectivity index (χ0) is 12.8. The van der Waals surface area contributed by atoms with Crippen LogP contribution < -0.4 is 5.32 Å². The average molecular weight is 256 g/mol. The van der Waals surface area contributed by atoms with Crippen LogP contribution in [0.5, 0.6) is 0 Å². The van der Waals surface area contributed by atoms with Crippen molar-refractivity contribution in [2.45, 2.75) is 43.7 Å². The van der Waals surface area contributed by atoms with Gasteiger partial charge in [0.05, 0.1) is 12.7 Å². The van der Waals surface area contributed by atoms with Crippen molar-refractivity contribution in [3.63, 3.8) is 0 Å². The fraction of sp³-hybridized carbons (Fsp3) is 1.00. The fourth-order valence-electron chi connectivity index (χ4n) is 3.43. The summed E-state index contributed by atoms with van der Waals surface area (Å²) >= 11 is 0. The Kier molecular flexibility index (Phi) is 5.42. The fourth-order valence-corrected chi connectivity index (χ4v) is 3.43. The first-order chi connectivity index (χ1) is 8.78. The van der Waals surface area contributed by atoms with Crippen LogP contribution in [0.2, 0.25) is 0 Å². The summed E-state index contributed by atoms with van der Waals surface area (Å²) in [5, 5.41) is 3.80. The van der Waals surface area contributed by atoms with Gasteiger partial charge in [-0.2, -0.15) is 0 Å². The van der Waals surface area contributed by atoms with E-state index < -0.39 is 0 Å². The molecule has 1 aliphatic carbocycles. The molecule has 1 saturated carbocycles. The monoisotopic (exact) mass is 256 g/mol. The molecule has 4 nitrogen and oxygen atoms in total. The summed E-state index contributed by atoms with van der Waals surface area (Å²) in [5.74, 6) is 0. The number of nitrogens with one attached hydrogen (secondary N) is 1. The molecule has 1 aliphatic heterocycles. The van der Waals surface area contributed by atoms with Crippen molar-refractivity contribution in [1.29, 1.82) is 0 Å². The number of methoxy groups -OCH3 is 2. The lowest BCUT2D eigenvalue weighted by atomic mass is 9.97. The van der Waals surface area contributed by atoms with Crippen LogP contribution in [-0.4, -0.2) is 63.5 Å². The third-order valence-electron chi connectivity index (χ3n) is 4.39. The maximum Gasteiger partial charge on any atom is 0.0931 e. The molecule has 1 N–H and O–H groups in total. The van der Waals surface area contributed by atoms with E-state index in [-0.39, 0.29) is 6.10 Å². The van der Waals surface area contributed by atoms with Crippen LogP contribution in [-0.2, 0) is 9.47 Å². The van der Waals surface area contributed by atoms with Crippen molar-refractivity contribution in [3.05, 3.63) is 0 Å². The van der Waals surface area contributed by atoms with Crippen molar-refractivity contribution in [2.24, 2.45) is 0 Å². The molecule has 4 heteroatoms. The Morgan fingerprint density at radius 2 is 2.00 bits per heavy atom. The number of hydrogen-bond acceptors (Lipinski definition) is 4. The maximum absolute atomic E-state index is 5.50. The Morgan fingerprint density at radius 3 is 2.67 bits per heavy atom. The van der Waals surface area contributed by atoms with Crippen LogP contribution in [0.4, 0.5) is 0 Å². The molecular formula is C14H28N2O2. The molecule has 106 valence electrons. The van der Waals surface area contributed by atoms with Gasteiger partial charge in [0.2, 0.25) is 0 Å². The van der Waals surface area contributed by atoms with Gasteiger partial charge in [0.25, 0.3) is 0 Å². The number of rotatable bonds is 5. The second-order valence-electron chi connectivity index (χ2n) is 5.82. The molecule has 1 saturated heterocycles. The van der Waals surface area contributed by atoms with Crippen LogP contribution in [0.3, 0.4) is 0 Å². The van der Waals surface area contributed by atoms with Crippen molar-refractivity contribution < 1.29 is 9.47 Å². The highest BCUT2D eigenvalue weighted by Gasteiger charge is 2.36. The second kappa shape index (κ2) is 6.85. The zero-order valence-corrected chi connectivity index (χ0v) is 11.9. The lowest BCUT2D eigenvalue weighted by Crippen LogP contribution is -2.50. The van der Waals surface area contributed by atoms with E-state index in [1.165, 1.54) is 51.7 Å². The minimum atomic E-state index is 0.201. The molecule has 2 aliphatic rings. The normalized spacial score (nSPS) is 26.3. The van der Waals surface area contributed by atoms with Gasteiger partial charge in [0.1, 0.15) is 0 Å². The summed E-state index contributed by atoms with van der Waals surface area (Å²) in [6.07, 6.45) is 6.88. The molecule has 0 radical (unpaired) electrons. The highest BCUT2D eigenvalue weighted by Crippen LogP contribution is 2.31. The van der Waals surface area contributed by atoms with Crippen LogP contribution in [0, 0.1) is 0 Å². The predicted octanol–water partition coefficient (Wildman–Crippen LogP) is 1.26. The first-order valence-corrected chi connectivity index (χ1v) is 7.27. The van der Waals surface area contributed by atoms with Crippen molar-refractivity contribution in [3.8, 4) is 0 Å². The highest BCUT2D eigenvalue weighted by molar-refractivity contribution is 4.97. The lowest BCUT2D eigenvalue weighted by Gasteiger charge is -2.34. The van der Waals surface area contributed by atoms with Crippen molar-refractivity contribution >= 4 is 0 Å². The molecule has 0 aromatic carbocycles. The SMILES string of the molecule is COCC(CN1CCCNC2(CCCC2)C1)OC. The number of ether oxygens (including phenoxy) is 2. The summed E-state index contributed by atoms with van der Waals surface area (Å²) in [4.78, 5) is 2.57. The number of nitrogens with zero attached hydrogens (tertiary/aromatic N) is 1. The van der Waals surface area contributed by atoms with Gasteiger partial charge < -0.3 is 14.8 Å². The topological polar surface area (TPSA) is 33.7 Å². The Hall–Kier alpha value is -0.160. The van der Waals surface area contributed by atoms with Gasteiger partial charge in [-0.15, -0.1) is 0 Å². The van der Waals surface area contributed by atoms with E-state index in [0.29, 0.717) is 12.1 Å². The van der Waals surface area contributed by atoms with E-state index in [1.54, 1.807) is 14.2 Å². The zero-order valence-electron chi connectivity index (χ0n) is 11.9. The standard InChI is InChI=1S/C14H28N2O2/c1-17-11-13(18-2)10-16-9-5-8-15-14(12-16)6-3-4-7-14/h13,15H,3-12H2,1-2H3. The highest BCUT2D eigenvalue weighted by atomic mass is 16.5. The van der Waals surface area contributed by atoms with Crippen molar-refractivity contribution in [2.75, 3.05) is 47.0 Å². The van der Waals surface area contributed by atoms with Crippen LogP contribution in [0.1, 0.15) is 32.1 Å². The molecule has 1 atom stereocenters. The number of hydrogen-bond donors (Lipinski definition) is 1. The molecule has 2 fully saturated rings. The molecule has 0 amide bonds. The first-order valence-electron chi connectivity index (χ1n) is 7.27. The Morgan fingerprint density at radius 1 is 1.22 bits per heavy atom. The quantitative estimate of drug-likeness (QED) is 0.803. The van der Waals surface area contributed by atoms with Crippen molar-refractivity contribution in [1.82, 2.24) is 10.2 Å². The van der Waals surface area contributed by atoms with Gasteiger partial charge in [-0.1, -0.05) is 12.8 Å². The Labute approximate surface area is 111 Å². The molecule has 0 aromatic rings. The van der Waals surface area contributed by atoms with Gasteiger partial charge in [0.15, 0.2) is 0 Å². The third-order valence-corrected chi connectivity index (χ3v) is 4.39. The van der Waals surface area contributed by atoms with E-state index in [9.17, 15) is 0 Å².